The summed E-state index contributed by atoms with van der Waals surface area (Å²) in [6, 6.07) is 0. The van der Waals surface area contributed by atoms with Crippen molar-refractivity contribution in [3.05, 3.63) is 24.3 Å². The first-order valence-corrected chi connectivity index (χ1v) is 23.7. The number of nitrogens with one attached hydrogen (secondary N) is 1. The summed E-state index contributed by atoms with van der Waals surface area (Å²) in [5.41, 5.74) is 0. The van der Waals surface area contributed by atoms with Gasteiger partial charge in [-0.1, -0.05) is 141 Å². The number of phosphoric ester groups is 1. The van der Waals surface area contributed by atoms with E-state index in [9.17, 15) is 19.0 Å². The van der Waals surface area contributed by atoms with Gasteiger partial charge in [0.1, 0.15) is 19.8 Å². The molecule has 2 atom stereocenters. The van der Waals surface area contributed by atoms with E-state index >= 15 is 0 Å². The van der Waals surface area contributed by atoms with E-state index in [-0.39, 0.29) is 30.5 Å². The number of esters is 2. The number of carbonyl (C=O) groups excluding carboxylic acids is 2. The fourth-order valence-corrected chi connectivity index (χ4v) is 6.71. The smallest absolute Gasteiger partial charge is 0.462 e. The third kappa shape index (κ3) is 38.8. The van der Waals surface area contributed by atoms with E-state index in [1.54, 1.807) is 14.1 Å². The molecule has 0 saturated carbocycles. The topological polar surface area (TPSA) is 132 Å². The Balaban J connectivity index is 4.44. The number of hydrogen-bond acceptors (Lipinski definition) is 8. The third-order valence-electron chi connectivity index (χ3n) is 9.71. The standard InChI is InChI=1S/C44H83N2O8P/c1-5-7-9-11-13-15-17-19-21-23-25-27-29-31-33-35-43(47)51-39-42(40-53-55(49,50)52-38-37-46(3,4)41-45)54-44(48)36-34-32-30-28-26-24-22-20-18-16-14-12-10-8-6-2/h19-22,41-42,45H,5-18,23-40H2,1-4H3/p+1/b21-19+,22-20+,45-41?/t42-/m1/s1. The minimum Gasteiger partial charge on any atom is -0.462 e. The first kappa shape index (κ1) is 53.2. The molecule has 0 aromatic rings. The molecule has 2 N–H and O–H groups in total. The van der Waals surface area contributed by atoms with Crippen molar-refractivity contribution in [1.82, 2.24) is 0 Å². The Bertz CT molecular complexity index is 1040. The summed E-state index contributed by atoms with van der Waals surface area (Å²) in [6.07, 6.45) is 40.2. The van der Waals surface area contributed by atoms with E-state index in [4.69, 9.17) is 23.9 Å². The van der Waals surface area contributed by atoms with Gasteiger partial charge in [-0.25, -0.2) is 4.57 Å². The van der Waals surface area contributed by atoms with Crippen LogP contribution in [0.25, 0.3) is 0 Å². The van der Waals surface area contributed by atoms with Crippen LogP contribution in [0, 0.1) is 5.41 Å². The highest BCUT2D eigenvalue weighted by Gasteiger charge is 2.27. The Morgan fingerprint density at radius 3 is 1.44 bits per heavy atom. The quantitative estimate of drug-likeness (QED) is 0.0119. The second-order valence-corrected chi connectivity index (χ2v) is 17.1. The van der Waals surface area contributed by atoms with E-state index in [2.05, 4.69) is 38.2 Å². The molecule has 1 unspecified atom stereocenters. The number of allylic oxidation sites excluding steroid dienone is 4. The summed E-state index contributed by atoms with van der Waals surface area (Å²) in [7, 11) is -0.939. The van der Waals surface area contributed by atoms with Gasteiger partial charge in [0.25, 0.3) is 0 Å². The fraction of sp³-hybridized carbons (Fsp3) is 0.841. The monoisotopic (exact) mass is 800 g/mol. The summed E-state index contributed by atoms with van der Waals surface area (Å²) in [5, 5.41) is 7.43. The number of rotatable bonds is 41. The Hall–Kier alpha value is -1.84. The van der Waals surface area contributed by atoms with E-state index in [0.717, 1.165) is 64.2 Å². The lowest BCUT2D eigenvalue weighted by molar-refractivity contribution is -0.793. The average molecular weight is 800 g/mol. The molecule has 0 radical (unpaired) electrons. The molecule has 0 fully saturated rings. The summed E-state index contributed by atoms with van der Waals surface area (Å²) >= 11 is 0. The molecule has 0 bridgehead atoms. The summed E-state index contributed by atoms with van der Waals surface area (Å²) in [4.78, 5) is 35.4. The number of carbonyl (C=O) groups is 2. The van der Waals surface area contributed by atoms with Crippen molar-refractivity contribution < 1.29 is 42.1 Å². The zero-order chi connectivity index (χ0) is 40.7. The second-order valence-electron chi connectivity index (χ2n) is 15.7. The molecule has 10 nitrogen and oxygen atoms in total. The van der Waals surface area contributed by atoms with Crippen LogP contribution in [-0.2, 0) is 32.7 Å². The number of ether oxygens (including phenoxy) is 2. The first-order valence-electron chi connectivity index (χ1n) is 22.2. The number of hydrogen-bond donors (Lipinski definition) is 2. The van der Waals surface area contributed by atoms with Crippen LogP contribution in [0.3, 0.4) is 0 Å². The zero-order valence-corrected chi connectivity index (χ0v) is 36.7. The average Bonchev–Trinajstić information content (AvgIpc) is 3.15. The van der Waals surface area contributed by atoms with Crippen molar-refractivity contribution in [3.8, 4) is 0 Å². The van der Waals surface area contributed by atoms with E-state index in [1.165, 1.54) is 96.2 Å². The Labute approximate surface area is 337 Å². The molecular weight excluding hydrogens is 715 g/mol. The predicted octanol–water partition coefficient (Wildman–Crippen LogP) is 12.3. The van der Waals surface area contributed by atoms with Crippen molar-refractivity contribution >= 4 is 26.1 Å². The molecule has 0 saturated heterocycles. The Kier molecular flexibility index (Phi) is 36.5. The normalized spacial score (nSPS) is 13.7. The maximum Gasteiger partial charge on any atom is 0.472 e. The lowest BCUT2D eigenvalue weighted by Gasteiger charge is -2.23. The van der Waals surface area contributed by atoms with Gasteiger partial charge in [0.15, 0.2) is 12.4 Å². The molecule has 11 heteroatoms. The summed E-state index contributed by atoms with van der Waals surface area (Å²) in [6.45, 7) is 3.96. The fourth-order valence-electron chi connectivity index (χ4n) is 5.97. The highest BCUT2D eigenvalue weighted by molar-refractivity contribution is 7.47. The second kappa shape index (κ2) is 37.7. The van der Waals surface area contributed by atoms with Crippen molar-refractivity contribution in [2.45, 2.75) is 200 Å². The van der Waals surface area contributed by atoms with Gasteiger partial charge in [-0.15, -0.1) is 0 Å². The lowest BCUT2D eigenvalue weighted by Crippen LogP contribution is -2.40. The van der Waals surface area contributed by atoms with Gasteiger partial charge in [0.05, 0.1) is 20.7 Å². The SMILES string of the molecule is CCCCCCCC/C=C/CCCCCCCC(=O)OC[C@H](COP(=O)(O)OCC[N+](C)(C)C=N)OC(=O)CCCCCCC/C=C/CCCCCCCC. The minimum absolute atomic E-state index is 0.110. The number of unbranched alkanes of at least 4 members (excludes halogenated alkanes) is 22. The van der Waals surface area contributed by atoms with Crippen LogP contribution in [-0.4, -0.2) is 74.2 Å². The molecule has 0 heterocycles. The van der Waals surface area contributed by atoms with Gasteiger partial charge in [0.2, 0.25) is 0 Å². The lowest BCUT2D eigenvalue weighted by atomic mass is 10.1. The predicted molar refractivity (Wildman–Crippen MR) is 227 cm³/mol. The highest BCUT2D eigenvalue weighted by Crippen LogP contribution is 2.43. The molecular formula is C44H84N2O8P+. The zero-order valence-electron chi connectivity index (χ0n) is 35.8. The number of quaternary nitrogens is 1. The van der Waals surface area contributed by atoms with E-state index in [0.29, 0.717) is 19.4 Å². The molecule has 0 aromatic heterocycles. The molecule has 55 heavy (non-hydrogen) atoms. The molecule has 0 amide bonds. The van der Waals surface area contributed by atoms with Crippen molar-refractivity contribution in [2.75, 3.05) is 40.5 Å². The first-order chi connectivity index (χ1) is 26.5. The third-order valence-corrected chi connectivity index (χ3v) is 10.7. The van der Waals surface area contributed by atoms with Crippen LogP contribution >= 0.6 is 7.82 Å². The number of nitrogens with zero attached hydrogens (tertiary/aromatic N) is 1. The van der Waals surface area contributed by atoms with Gasteiger partial charge >= 0.3 is 19.8 Å². The maximum absolute atomic E-state index is 12.7. The summed E-state index contributed by atoms with van der Waals surface area (Å²) < 4.78 is 33.8. The molecule has 322 valence electrons. The van der Waals surface area contributed by atoms with Crippen LogP contribution < -0.4 is 0 Å². The molecule has 0 aliphatic heterocycles. The van der Waals surface area contributed by atoms with Crippen LogP contribution in [0.1, 0.15) is 194 Å². The molecule has 0 aromatic carbocycles. The number of phosphoric acid groups is 1. The van der Waals surface area contributed by atoms with Crippen molar-refractivity contribution in [2.24, 2.45) is 0 Å². The Morgan fingerprint density at radius 1 is 0.600 bits per heavy atom. The molecule has 0 aliphatic carbocycles. The summed E-state index contributed by atoms with van der Waals surface area (Å²) in [5.74, 6) is -0.857. The molecule has 0 aliphatic rings. The van der Waals surface area contributed by atoms with Gasteiger partial charge in [-0.2, -0.15) is 0 Å². The van der Waals surface area contributed by atoms with Crippen LogP contribution in [0.2, 0.25) is 0 Å². The van der Waals surface area contributed by atoms with Gasteiger partial charge in [-0.3, -0.25) is 28.5 Å². The largest absolute Gasteiger partial charge is 0.472 e. The van der Waals surface area contributed by atoms with Crippen LogP contribution in [0.5, 0.6) is 0 Å². The van der Waals surface area contributed by atoms with E-state index < -0.39 is 32.5 Å². The molecule has 0 rings (SSSR count). The molecule has 0 spiro atoms. The van der Waals surface area contributed by atoms with Gasteiger partial charge < -0.3 is 14.4 Å². The number of likely N-dealkylation sites (N-methyl/N-ethyl adjacent to an activating group) is 1. The van der Waals surface area contributed by atoms with Crippen molar-refractivity contribution in [3.63, 3.8) is 0 Å². The maximum atomic E-state index is 12.7. The highest BCUT2D eigenvalue weighted by atomic mass is 31.2. The van der Waals surface area contributed by atoms with Gasteiger partial charge in [-0.05, 0) is 64.2 Å². The Morgan fingerprint density at radius 2 is 1.00 bits per heavy atom. The van der Waals surface area contributed by atoms with Crippen LogP contribution in [0.4, 0.5) is 0 Å². The van der Waals surface area contributed by atoms with Crippen molar-refractivity contribution in [1.29, 1.82) is 5.41 Å². The van der Waals surface area contributed by atoms with Gasteiger partial charge in [0, 0.05) is 12.8 Å². The van der Waals surface area contributed by atoms with E-state index in [1.807, 2.05) is 0 Å². The minimum atomic E-state index is -4.46. The van der Waals surface area contributed by atoms with Crippen LogP contribution in [0.15, 0.2) is 24.3 Å².